The third-order valence-electron chi connectivity index (χ3n) is 5.04. The quantitative estimate of drug-likeness (QED) is 0.487. The molecule has 0 saturated carbocycles. The first-order valence-electron chi connectivity index (χ1n) is 11.5. The summed E-state index contributed by atoms with van der Waals surface area (Å²) >= 11 is 0. The van der Waals surface area contributed by atoms with Crippen molar-refractivity contribution < 1.29 is 19.1 Å². The van der Waals surface area contributed by atoms with Crippen molar-refractivity contribution in [3.8, 4) is 0 Å². The molecule has 0 aromatic rings. The summed E-state index contributed by atoms with van der Waals surface area (Å²) < 4.78 is 4.95. The van der Waals surface area contributed by atoms with Crippen LogP contribution < -0.4 is 5.32 Å². The Morgan fingerprint density at radius 2 is 1.81 bits per heavy atom. The largest absolute Gasteiger partial charge is 0.463 e. The third-order valence-corrected chi connectivity index (χ3v) is 5.04. The Morgan fingerprint density at radius 1 is 1.23 bits per heavy atom. The van der Waals surface area contributed by atoms with Crippen LogP contribution in [0.3, 0.4) is 0 Å². The fourth-order valence-corrected chi connectivity index (χ4v) is 3.20. The van der Waals surface area contributed by atoms with Crippen molar-refractivity contribution in [3.63, 3.8) is 0 Å². The second kappa shape index (κ2) is 14.2. The van der Waals surface area contributed by atoms with E-state index in [-0.39, 0.29) is 30.2 Å². The summed E-state index contributed by atoms with van der Waals surface area (Å²) in [5.41, 5.74) is 0.0321. The van der Waals surface area contributed by atoms with E-state index in [1.165, 1.54) is 11.3 Å². The highest BCUT2D eigenvalue weighted by Crippen LogP contribution is 2.23. The second-order valence-corrected chi connectivity index (χ2v) is 9.44. The maximum atomic E-state index is 13.0. The van der Waals surface area contributed by atoms with Crippen LogP contribution in [0.15, 0.2) is 11.6 Å². The molecule has 7 nitrogen and oxygen atoms in total. The summed E-state index contributed by atoms with van der Waals surface area (Å²) in [6.07, 6.45) is 4.76. The molecule has 1 aliphatic rings. The minimum atomic E-state index is -0.631. The molecule has 1 aliphatic heterocycles. The van der Waals surface area contributed by atoms with Gasteiger partial charge >= 0.3 is 5.97 Å². The number of likely N-dealkylation sites (tertiary alicyclic amines) is 1. The van der Waals surface area contributed by atoms with Gasteiger partial charge in [0.2, 0.25) is 11.8 Å². The van der Waals surface area contributed by atoms with E-state index in [4.69, 9.17) is 4.74 Å². The van der Waals surface area contributed by atoms with Crippen LogP contribution in [0.4, 0.5) is 0 Å². The summed E-state index contributed by atoms with van der Waals surface area (Å²) in [4.78, 5) is 41.2. The van der Waals surface area contributed by atoms with Gasteiger partial charge in [0.25, 0.3) is 0 Å². The van der Waals surface area contributed by atoms with Crippen molar-refractivity contribution in [2.24, 2.45) is 11.3 Å². The number of ether oxygens (including phenoxy) is 1. The topological polar surface area (TPSA) is 79.0 Å². The van der Waals surface area contributed by atoms with Crippen LogP contribution in [-0.2, 0) is 19.1 Å². The van der Waals surface area contributed by atoms with Gasteiger partial charge < -0.3 is 19.9 Å². The average molecular weight is 440 g/mol. The first-order valence-corrected chi connectivity index (χ1v) is 11.5. The van der Waals surface area contributed by atoms with Crippen molar-refractivity contribution in [2.75, 3.05) is 40.3 Å². The second-order valence-electron chi connectivity index (χ2n) is 9.44. The maximum absolute atomic E-state index is 13.0. The Bertz CT molecular complexity index is 610. The van der Waals surface area contributed by atoms with Crippen LogP contribution in [0, 0.1) is 11.3 Å². The molecule has 2 atom stereocenters. The minimum Gasteiger partial charge on any atom is -0.463 e. The molecule has 0 aliphatic carbocycles. The number of nitrogens with one attached hydrogen (secondary N) is 1. The zero-order valence-electron chi connectivity index (χ0n) is 21.2. The first kappa shape index (κ1) is 29.1. The molecule has 2 unspecified atom stereocenters. The molecule has 1 fully saturated rings. The molecular weight excluding hydrogens is 394 g/mol. The highest BCUT2D eigenvalue weighted by Gasteiger charge is 2.36. The van der Waals surface area contributed by atoms with Gasteiger partial charge in [0.15, 0.2) is 0 Å². The van der Waals surface area contributed by atoms with E-state index in [1.807, 2.05) is 27.8 Å². The molecule has 0 aromatic heterocycles. The number of rotatable bonds is 7. The lowest BCUT2D eigenvalue weighted by atomic mass is 9.85. The Labute approximate surface area is 189 Å². The van der Waals surface area contributed by atoms with Crippen molar-refractivity contribution in [1.82, 2.24) is 15.1 Å². The molecule has 180 valence electrons. The molecule has 1 heterocycles. The van der Waals surface area contributed by atoms with E-state index in [2.05, 4.69) is 24.1 Å². The number of hydrogen-bond acceptors (Lipinski definition) is 5. The number of carbonyl (C=O) groups is 3. The number of likely N-dealkylation sites (N-methyl/N-ethyl adjacent to an activating group) is 1. The SMILES string of the molecule is CCC.CCOC(=O)/C(C)=C/CN(C)C(=O)C(NC(=O)C1CCCN(C)C1)C(C)(C)C. The van der Waals surface area contributed by atoms with Crippen molar-refractivity contribution >= 4 is 17.8 Å². The predicted octanol–water partition coefficient (Wildman–Crippen LogP) is 3.24. The van der Waals surface area contributed by atoms with Gasteiger partial charge in [-0.2, -0.15) is 0 Å². The summed E-state index contributed by atoms with van der Waals surface area (Å²) in [5, 5.41) is 2.99. The number of amides is 2. The number of esters is 1. The van der Waals surface area contributed by atoms with Gasteiger partial charge in [0, 0.05) is 25.7 Å². The third kappa shape index (κ3) is 10.8. The smallest absolute Gasteiger partial charge is 0.333 e. The molecule has 0 spiro atoms. The number of piperidine rings is 1. The molecule has 31 heavy (non-hydrogen) atoms. The van der Waals surface area contributed by atoms with E-state index in [0.717, 1.165) is 19.4 Å². The molecular formula is C24H45N3O4. The van der Waals surface area contributed by atoms with E-state index >= 15 is 0 Å². The van der Waals surface area contributed by atoms with Crippen LogP contribution in [0.5, 0.6) is 0 Å². The maximum Gasteiger partial charge on any atom is 0.333 e. The molecule has 1 saturated heterocycles. The molecule has 0 aromatic carbocycles. The Hall–Kier alpha value is -1.89. The number of nitrogens with zero attached hydrogens (tertiary/aromatic N) is 2. The normalized spacial score (nSPS) is 18.4. The molecule has 0 radical (unpaired) electrons. The van der Waals surface area contributed by atoms with Crippen molar-refractivity contribution in [2.45, 2.75) is 73.8 Å². The van der Waals surface area contributed by atoms with Gasteiger partial charge in [-0.15, -0.1) is 0 Å². The Morgan fingerprint density at radius 3 is 2.29 bits per heavy atom. The van der Waals surface area contributed by atoms with E-state index < -0.39 is 11.5 Å². The first-order chi connectivity index (χ1) is 14.4. The van der Waals surface area contributed by atoms with Gasteiger partial charge in [0.05, 0.1) is 12.5 Å². The minimum absolute atomic E-state index is 0.0635. The summed E-state index contributed by atoms with van der Waals surface area (Å²) in [6, 6.07) is -0.631. The van der Waals surface area contributed by atoms with Crippen LogP contribution in [0.2, 0.25) is 0 Å². The van der Waals surface area contributed by atoms with Crippen LogP contribution in [0.25, 0.3) is 0 Å². The fourth-order valence-electron chi connectivity index (χ4n) is 3.20. The Balaban J connectivity index is 0.00000282. The van der Waals surface area contributed by atoms with Gasteiger partial charge in [-0.25, -0.2) is 4.79 Å². The summed E-state index contributed by atoms with van der Waals surface area (Å²) in [5.74, 6) is -0.706. The Kier molecular flexibility index (Phi) is 13.4. The molecule has 1 N–H and O–H groups in total. The van der Waals surface area contributed by atoms with Gasteiger partial charge in [-0.05, 0) is 45.7 Å². The van der Waals surface area contributed by atoms with E-state index in [1.54, 1.807) is 27.0 Å². The van der Waals surface area contributed by atoms with Gasteiger partial charge in [0.1, 0.15) is 6.04 Å². The summed E-state index contributed by atoms with van der Waals surface area (Å²) in [6.45, 7) is 15.8. The van der Waals surface area contributed by atoms with E-state index in [0.29, 0.717) is 18.7 Å². The average Bonchev–Trinajstić information content (AvgIpc) is 2.69. The molecule has 1 rings (SSSR count). The van der Waals surface area contributed by atoms with Crippen molar-refractivity contribution in [1.29, 1.82) is 0 Å². The fraction of sp³-hybridized carbons (Fsp3) is 0.792. The van der Waals surface area contributed by atoms with Crippen molar-refractivity contribution in [3.05, 3.63) is 11.6 Å². The van der Waals surface area contributed by atoms with Crippen LogP contribution in [-0.4, -0.2) is 74.0 Å². The summed E-state index contributed by atoms with van der Waals surface area (Å²) in [7, 11) is 3.69. The van der Waals surface area contributed by atoms with E-state index in [9.17, 15) is 14.4 Å². The highest BCUT2D eigenvalue weighted by atomic mass is 16.5. The number of carbonyl (C=O) groups excluding carboxylic acids is 3. The van der Waals surface area contributed by atoms with Gasteiger partial charge in [-0.1, -0.05) is 47.1 Å². The molecule has 0 bridgehead atoms. The van der Waals surface area contributed by atoms with Crippen LogP contribution in [0.1, 0.15) is 67.7 Å². The molecule has 2 amide bonds. The monoisotopic (exact) mass is 439 g/mol. The predicted molar refractivity (Wildman–Crippen MR) is 126 cm³/mol. The van der Waals surface area contributed by atoms with Gasteiger partial charge in [-0.3, -0.25) is 9.59 Å². The number of hydrogen-bond donors (Lipinski definition) is 1. The lowest BCUT2D eigenvalue weighted by molar-refractivity contribution is -0.140. The lowest BCUT2D eigenvalue weighted by Crippen LogP contribution is -2.56. The zero-order chi connectivity index (χ0) is 24.2. The lowest BCUT2D eigenvalue weighted by Gasteiger charge is -2.35. The van der Waals surface area contributed by atoms with Crippen LogP contribution >= 0.6 is 0 Å². The zero-order valence-corrected chi connectivity index (χ0v) is 21.2. The highest BCUT2D eigenvalue weighted by molar-refractivity contribution is 5.90. The standard InChI is InChI=1S/C21H37N3O4.C3H8/c1-8-28-20(27)15(2)11-13-24(7)19(26)17(21(3,4)5)22-18(25)16-10-9-12-23(6)14-16;1-3-2/h11,16-17H,8-10,12-14H2,1-7H3,(H,22,25);3H2,1-2H3/b15-11+;. The molecule has 7 heteroatoms.